The van der Waals surface area contributed by atoms with E-state index in [4.69, 9.17) is 19.4 Å². The lowest BCUT2D eigenvalue weighted by atomic mass is 9.52. The molecule has 4 heteroatoms. The van der Waals surface area contributed by atoms with Crippen molar-refractivity contribution in [2.45, 2.75) is 30.1 Å². The van der Waals surface area contributed by atoms with E-state index in [0.29, 0.717) is 17.5 Å². The maximum absolute atomic E-state index is 7.16. The van der Waals surface area contributed by atoms with Gasteiger partial charge >= 0.3 is 0 Å². The predicted molar refractivity (Wildman–Crippen MR) is 289 cm³/mol. The van der Waals surface area contributed by atoms with Crippen LogP contribution in [0.5, 0.6) is 0 Å². The normalized spacial score (nSPS) is 15.1. The van der Waals surface area contributed by atoms with Gasteiger partial charge in [0.2, 0.25) is 0 Å². The zero-order chi connectivity index (χ0) is 47.5. The van der Waals surface area contributed by atoms with Crippen molar-refractivity contribution in [1.82, 2.24) is 15.0 Å². The Kier molecular flexibility index (Phi) is 7.79. The van der Waals surface area contributed by atoms with Gasteiger partial charge < -0.3 is 4.42 Å². The minimum absolute atomic E-state index is 0.190. The van der Waals surface area contributed by atoms with Crippen LogP contribution in [0.2, 0.25) is 0 Å². The summed E-state index contributed by atoms with van der Waals surface area (Å²) < 4.78 is 7.16. The number of hydrogen-bond donors (Lipinski definition) is 0. The summed E-state index contributed by atoms with van der Waals surface area (Å²) in [5.41, 5.74) is 23.0. The van der Waals surface area contributed by atoms with E-state index < -0.39 is 10.8 Å². The molecule has 0 aliphatic heterocycles. The Morgan fingerprint density at radius 2 is 0.778 bits per heavy atom. The van der Waals surface area contributed by atoms with Gasteiger partial charge in [0.1, 0.15) is 11.2 Å². The lowest BCUT2D eigenvalue weighted by Crippen LogP contribution is -2.43. The highest BCUT2D eigenvalue weighted by Gasteiger charge is 2.59. The average Bonchev–Trinajstić information content (AvgIpc) is 4.13. The number of rotatable bonds is 3. The molecule has 0 N–H and O–H groups in total. The Morgan fingerprint density at radius 1 is 0.306 bits per heavy atom. The molecule has 2 spiro atoms. The van der Waals surface area contributed by atoms with Crippen molar-refractivity contribution in [3.05, 3.63) is 280 Å². The zero-order valence-corrected chi connectivity index (χ0v) is 39.6. The Balaban J connectivity index is 1.02. The van der Waals surface area contributed by atoms with Crippen LogP contribution in [-0.4, -0.2) is 15.0 Å². The summed E-state index contributed by atoms with van der Waals surface area (Å²) in [5, 5.41) is 2.17. The van der Waals surface area contributed by atoms with Crippen molar-refractivity contribution < 1.29 is 4.42 Å². The second-order valence-corrected chi connectivity index (χ2v) is 20.5. The van der Waals surface area contributed by atoms with Gasteiger partial charge in [0.15, 0.2) is 17.5 Å². The molecule has 4 nitrogen and oxygen atoms in total. The fourth-order valence-corrected chi connectivity index (χ4v) is 14.0. The van der Waals surface area contributed by atoms with Crippen molar-refractivity contribution in [2.24, 2.45) is 0 Å². The quantitative estimate of drug-likeness (QED) is 0.177. The molecule has 0 radical (unpaired) electrons. The molecule has 0 saturated heterocycles. The summed E-state index contributed by atoms with van der Waals surface area (Å²) >= 11 is 0. The molecule has 2 heterocycles. The lowest BCUT2D eigenvalue weighted by molar-refractivity contribution is 0.631. The minimum atomic E-state index is -0.753. The van der Waals surface area contributed by atoms with Crippen molar-refractivity contribution in [3.63, 3.8) is 0 Å². The number of nitrogens with zero attached hydrogens (tertiary/aromatic N) is 3. The first kappa shape index (κ1) is 39.8. The van der Waals surface area contributed by atoms with E-state index in [0.717, 1.165) is 49.8 Å². The van der Waals surface area contributed by atoms with Gasteiger partial charge in [-0.25, -0.2) is 15.0 Å². The van der Waals surface area contributed by atoms with Crippen LogP contribution in [0.25, 0.3) is 89.5 Å². The van der Waals surface area contributed by atoms with Gasteiger partial charge in [0, 0.05) is 44.0 Å². The molecule has 0 fully saturated rings. The Bertz CT molecular complexity index is 4230. The van der Waals surface area contributed by atoms with E-state index in [1.165, 1.54) is 77.9 Å². The fourth-order valence-electron chi connectivity index (χ4n) is 14.0. The maximum atomic E-state index is 7.16. The summed E-state index contributed by atoms with van der Waals surface area (Å²) in [7, 11) is 0. The molecule has 72 heavy (non-hydrogen) atoms. The van der Waals surface area contributed by atoms with Crippen LogP contribution in [0.4, 0.5) is 0 Å². The van der Waals surface area contributed by atoms with E-state index in [9.17, 15) is 0 Å². The van der Waals surface area contributed by atoms with Gasteiger partial charge in [-0.3, -0.25) is 0 Å². The molecule has 12 aromatic rings. The Morgan fingerprint density at radius 3 is 1.44 bits per heavy atom. The van der Waals surface area contributed by atoms with Crippen LogP contribution >= 0.6 is 0 Å². The lowest BCUT2D eigenvalue weighted by Gasteiger charge is -2.48. The van der Waals surface area contributed by atoms with Gasteiger partial charge in [0.25, 0.3) is 0 Å². The monoisotopic (exact) mass is 917 g/mol. The summed E-state index contributed by atoms with van der Waals surface area (Å²) in [4.78, 5) is 16.4. The molecule has 4 aliphatic rings. The summed E-state index contributed by atoms with van der Waals surface area (Å²) in [6, 6.07) is 82.4. The Labute approximate surface area is 417 Å². The molecule has 0 saturated carbocycles. The van der Waals surface area contributed by atoms with Crippen LogP contribution in [-0.2, 0) is 16.2 Å². The van der Waals surface area contributed by atoms with E-state index in [1.807, 2.05) is 6.07 Å². The fraction of sp³-hybridized carbons (Fsp3) is 0.0735. The van der Waals surface area contributed by atoms with Gasteiger partial charge in [-0.2, -0.15) is 0 Å². The molecule has 0 amide bonds. The van der Waals surface area contributed by atoms with E-state index >= 15 is 0 Å². The van der Waals surface area contributed by atoms with E-state index in [2.05, 4.69) is 232 Å². The second kappa shape index (κ2) is 14.1. The topological polar surface area (TPSA) is 51.8 Å². The molecule has 336 valence electrons. The molecule has 0 atom stereocenters. The highest BCUT2D eigenvalue weighted by atomic mass is 16.3. The largest absolute Gasteiger partial charge is 0.455 e. The third-order valence-corrected chi connectivity index (χ3v) is 16.8. The zero-order valence-electron chi connectivity index (χ0n) is 39.6. The number of aromatic nitrogens is 3. The highest BCUT2D eigenvalue weighted by molar-refractivity contribution is 6.14. The van der Waals surface area contributed by atoms with E-state index in [-0.39, 0.29) is 5.41 Å². The number of para-hydroxylation sites is 1. The van der Waals surface area contributed by atoms with Gasteiger partial charge in [-0.1, -0.05) is 226 Å². The molecule has 0 unspecified atom stereocenters. The van der Waals surface area contributed by atoms with Crippen molar-refractivity contribution >= 4 is 21.9 Å². The third-order valence-electron chi connectivity index (χ3n) is 16.8. The minimum Gasteiger partial charge on any atom is -0.455 e. The first-order chi connectivity index (χ1) is 35.5. The number of hydrogen-bond acceptors (Lipinski definition) is 4. The summed E-state index contributed by atoms with van der Waals surface area (Å²) in [6.45, 7) is 4.64. The molecule has 4 aliphatic carbocycles. The third kappa shape index (κ3) is 4.84. The Hall–Kier alpha value is -8.99. The first-order valence-electron chi connectivity index (χ1n) is 25.0. The van der Waals surface area contributed by atoms with Gasteiger partial charge in [-0.15, -0.1) is 0 Å². The number of benzene rings is 10. The number of furan rings is 1. The van der Waals surface area contributed by atoms with Gasteiger partial charge in [0.05, 0.1) is 10.8 Å². The first-order valence-corrected chi connectivity index (χ1v) is 25.0. The average molecular weight is 918 g/mol. The maximum Gasteiger partial charge on any atom is 0.164 e. The van der Waals surface area contributed by atoms with Crippen molar-refractivity contribution in [1.29, 1.82) is 0 Å². The summed E-state index contributed by atoms with van der Waals surface area (Å²) in [6.07, 6.45) is 0. The van der Waals surface area contributed by atoms with Gasteiger partial charge in [-0.05, 0) is 90.0 Å². The van der Waals surface area contributed by atoms with Crippen molar-refractivity contribution in [2.75, 3.05) is 0 Å². The standard InChI is InChI=1S/C68H43N3O/c1-66(2)49-26-10-6-21-42(49)45-36-35-41(39-58(45)66)64-69-63(40-19-4-3-5-20-40)70-65(71-64)48-25-18-33-56-60(48)61-57(38-37-47-46-24-9-17-34-59(46)72-62(47)61)68(56)54-31-15-13-29-52(54)67(53-30-14-16-32-55(53)68)50-27-11-7-22-43(50)44-23-8-12-28-51(44)67/h3-39H,1-2H3. The highest BCUT2D eigenvalue weighted by Crippen LogP contribution is 2.69. The SMILES string of the molecule is CC1(C)c2ccccc2-c2ccc(-c3nc(-c4ccccc4)nc(-c4cccc5c4-c4c(ccc6c4oc4ccccc46)C54c5ccccc5C5(c6ccccc6-c6ccccc65)c5ccccc54)n3)cc21. The molecule has 10 aromatic carbocycles. The predicted octanol–water partition coefficient (Wildman–Crippen LogP) is 16.1. The molecule has 16 rings (SSSR count). The van der Waals surface area contributed by atoms with E-state index in [1.54, 1.807) is 0 Å². The number of fused-ring (bicyclic) bond motifs is 23. The van der Waals surface area contributed by atoms with Crippen LogP contribution < -0.4 is 0 Å². The van der Waals surface area contributed by atoms with Crippen LogP contribution in [0, 0.1) is 0 Å². The summed E-state index contributed by atoms with van der Waals surface area (Å²) in [5.74, 6) is 1.87. The molecular formula is C68H43N3O. The van der Waals surface area contributed by atoms with Crippen molar-refractivity contribution in [3.8, 4) is 67.5 Å². The van der Waals surface area contributed by atoms with Crippen LogP contribution in [0.3, 0.4) is 0 Å². The molecule has 2 aromatic heterocycles. The second-order valence-electron chi connectivity index (χ2n) is 20.5. The van der Waals surface area contributed by atoms with Crippen LogP contribution in [0.1, 0.15) is 69.5 Å². The molecular weight excluding hydrogens is 875 g/mol. The molecule has 0 bridgehead atoms. The smallest absolute Gasteiger partial charge is 0.164 e. The van der Waals surface area contributed by atoms with Crippen LogP contribution in [0.15, 0.2) is 229 Å².